The Morgan fingerprint density at radius 1 is 1.00 bits per heavy atom. The Balaban J connectivity index is 2.13. The largest absolute Gasteiger partial charge is 0.493 e. The van der Waals surface area contributed by atoms with Crippen molar-refractivity contribution in [1.29, 1.82) is 0 Å². The van der Waals surface area contributed by atoms with Gasteiger partial charge in [-0.2, -0.15) is 0 Å². The summed E-state index contributed by atoms with van der Waals surface area (Å²) in [6.45, 7) is 9.64. The van der Waals surface area contributed by atoms with Gasteiger partial charge in [0.15, 0.2) is 17.3 Å². The predicted octanol–water partition coefficient (Wildman–Crippen LogP) is 5.20. The number of benzene rings is 2. The molecule has 0 fully saturated rings. The van der Waals surface area contributed by atoms with E-state index in [-0.39, 0.29) is 18.7 Å². The number of anilines is 2. The highest BCUT2D eigenvalue weighted by molar-refractivity contribution is 6.04. The lowest BCUT2D eigenvalue weighted by atomic mass is 9.97. The molecular weight excluding hydrogens is 540 g/mol. The maximum Gasteiger partial charge on any atom is 0.248 e. The summed E-state index contributed by atoms with van der Waals surface area (Å²) in [4.78, 5) is 42.5. The molecule has 3 amide bonds. The minimum absolute atomic E-state index is 0.165. The number of aromatic nitrogens is 1. The van der Waals surface area contributed by atoms with Gasteiger partial charge in [-0.1, -0.05) is 36.3 Å². The second kappa shape index (κ2) is 14.4. The van der Waals surface area contributed by atoms with Gasteiger partial charge < -0.3 is 29.4 Å². The summed E-state index contributed by atoms with van der Waals surface area (Å²) in [5, 5.41) is 9.48. The van der Waals surface area contributed by atoms with Gasteiger partial charge in [0, 0.05) is 30.0 Å². The zero-order valence-electron chi connectivity index (χ0n) is 25.3. The van der Waals surface area contributed by atoms with Crippen molar-refractivity contribution in [3.8, 4) is 17.2 Å². The summed E-state index contributed by atoms with van der Waals surface area (Å²) in [5.41, 5.74) is 0.199. The maximum absolute atomic E-state index is 14.2. The van der Waals surface area contributed by atoms with E-state index in [0.717, 1.165) is 0 Å². The predicted molar refractivity (Wildman–Crippen MR) is 159 cm³/mol. The number of nitrogens with zero attached hydrogens (tertiary/aromatic N) is 2. The number of hydrogen-bond donors (Lipinski definition) is 2. The molecule has 1 aromatic heterocycles. The Labute approximate surface area is 246 Å². The Morgan fingerprint density at radius 3 is 2.33 bits per heavy atom. The molecule has 0 saturated carbocycles. The van der Waals surface area contributed by atoms with Crippen LogP contribution in [0.3, 0.4) is 0 Å². The van der Waals surface area contributed by atoms with Gasteiger partial charge in [-0.05, 0) is 52.3 Å². The van der Waals surface area contributed by atoms with Crippen molar-refractivity contribution in [2.75, 3.05) is 31.0 Å². The van der Waals surface area contributed by atoms with Crippen LogP contribution in [0.15, 0.2) is 53.1 Å². The normalized spacial score (nSPS) is 11.8. The molecular formula is C31H40N4O7. The van der Waals surface area contributed by atoms with Gasteiger partial charge in [-0.15, -0.1) is 0 Å². The van der Waals surface area contributed by atoms with E-state index in [0.29, 0.717) is 47.3 Å². The molecule has 0 aliphatic rings. The fourth-order valence-electron chi connectivity index (χ4n) is 4.34. The molecule has 1 unspecified atom stereocenters. The van der Waals surface area contributed by atoms with E-state index in [1.807, 2.05) is 27.7 Å². The van der Waals surface area contributed by atoms with Gasteiger partial charge in [-0.25, -0.2) is 0 Å². The van der Waals surface area contributed by atoms with E-state index in [4.69, 9.17) is 18.7 Å². The molecule has 226 valence electrons. The molecule has 0 aliphatic heterocycles. The lowest BCUT2D eigenvalue weighted by Gasteiger charge is -2.36. The molecule has 2 aromatic carbocycles. The second-order valence-corrected chi connectivity index (χ2v) is 10.2. The Hall–Kier alpha value is -4.54. The molecule has 0 spiro atoms. The summed E-state index contributed by atoms with van der Waals surface area (Å²) in [7, 11) is 2.97. The lowest BCUT2D eigenvalue weighted by Crippen LogP contribution is -2.50. The molecule has 3 rings (SSSR count). The molecule has 0 aliphatic carbocycles. The van der Waals surface area contributed by atoms with Crippen molar-refractivity contribution in [2.45, 2.75) is 65.5 Å². The number of amides is 3. The zero-order valence-corrected chi connectivity index (χ0v) is 25.3. The van der Waals surface area contributed by atoms with E-state index in [1.165, 1.54) is 19.1 Å². The van der Waals surface area contributed by atoms with Crippen LogP contribution in [-0.2, 0) is 14.4 Å². The molecule has 0 bridgehead atoms. The van der Waals surface area contributed by atoms with Crippen molar-refractivity contribution >= 4 is 29.2 Å². The van der Waals surface area contributed by atoms with Gasteiger partial charge >= 0.3 is 0 Å². The van der Waals surface area contributed by atoms with Crippen LogP contribution >= 0.6 is 0 Å². The number of para-hydroxylation sites is 3. The average Bonchev–Trinajstić information content (AvgIpc) is 3.38. The zero-order chi connectivity index (χ0) is 30.9. The summed E-state index contributed by atoms with van der Waals surface area (Å²) in [6, 6.07) is 12.5. The first kappa shape index (κ1) is 32.0. The number of nitrogens with one attached hydrogen (secondary N) is 2. The standard InChI is InChI=1S/C31H40N4O7/c1-8-31(4,5)33-30(38)28(21-13-12-16-24(39-6)29(21)40-7)35(22-14-10-11-15-23(22)41-9-2)27(37)18-17-26(36)32-25-19-20(3)42-34-25/h10-16,19,28H,8-9,17-18H2,1-7H3,(H,33,38)(H,32,34,36). The third-order valence-corrected chi connectivity index (χ3v) is 6.73. The molecule has 11 heteroatoms. The molecule has 1 atom stereocenters. The fraction of sp³-hybridized carbons (Fsp3) is 0.419. The Morgan fingerprint density at radius 2 is 1.71 bits per heavy atom. The number of hydrogen-bond acceptors (Lipinski definition) is 8. The highest BCUT2D eigenvalue weighted by Crippen LogP contribution is 2.42. The first-order valence-corrected chi connectivity index (χ1v) is 13.8. The van der Waals surface area contributed by atoms with E-state index in [2.05, 4.69) is 15.8 Å². The Kier molecular flexibility index (Phi) is 11.0. The number of aryl methyl sites for hydroxylation is 1. The third-order valence-electron chi connectivity index (χ3n) is 6.73. The van der Waals surface area contributed by atoms with Crippen LogP contribution in [0.1, 0.15) is 64.3 Å². The van der Waals surface area contributed by atoms with Crippen molar-refractivity contribution < 1.29 is 33.1 Å². The van der Waals surface area contributed by atoms with Crippen molar-refractivity contribution in [1.82, 2.24) is 10.5 Å². The molecule has 11 nitrogen and oxygen atoms in total. The van der Waals surface area contributed by atoms with E-state index in [1.54, 1.807) is 55.5 Å². The van der Waals surface area contributed by atoms with Crippen LogP contribution in [0.2, 0.25) is 0 Å². The molecule has 2 N–H and O–H groups in total. The Bertz CT molecular complexity index is 1390. The lowest BCUT2D eigenvalue weighted by molar-refractivity contribution is -0.128. The minimum atomic E-state index is -1.20. The number of methoxy groups -OCH3 is 2. The number of rotatable bonds is 14. The van der Waals surface area contributed by atoms with Crippen molar-refractivity contribution in [3.63, 3.8) is 0 Å². The fourth-order valence-corrected chi connectivity index (χ4v) is 4.34. The molecule has 1 heterocycles. The maximum atomic E-state index is 14.2. The van der Waals surface area contributed by atoms with Gasteiger partial charge in [0.25, 0.3) is 0 Å². The summed E-state index contributed by atoms with van der Waals surface area (Å²) >= 11 is 0. The topological polar surface area (TPSA) is 132 Å². The summed E-state index contributed by atoms with van der Waals surface area (Å²) in [5.74, 6) is 0.561. The quantitative estimate of drug-likeness (QED) is 0.266. The van der Waals surface area contributed by atoms with Crippen molar-refractivity contribution in [3.05, 3.63) is 59.9 Å². The number of ether oxygens (including phenoxy) is 3. The van der Waals surface area contributed by atoms with Crippen LogP contribution in [0.4, 0.5) is 11.5 Å². The van der Waals surface area contributed by atoms with Crippen LogP contribution in [0, 0.1) is 6.92 Å². The first-order chi connectivity index (χ1) is 20.0. The number of carbonyl (C=O) groups is 3. The van der Waals surface area contributed by atoms with E-state index in [9.17, 15) is 14.4 Å². The highest BCUT2D eigenvalue weighted by Gasteiger charge is 2.38. The minimum Gasteiger partial charge on any atom is -0.493 e. The van der Waals surface area contributed by atoms with Crippen LogP contribution in [0.5, 0.6) is 17.2 Å². The van der Waals surface area contributed by atoms with Crippen LogP contribution < -0.4 is 29.7 Å². The van der Waals surface area contributed by atoms with E-state index < -0.39 is 29.3 Å². The summed E-state index contributed by atoms with van der Waals surface area (Å²) < 4.78 is 22.1. The molecule has 0 radical (unpaired) electrons. The van der Waals surface area contributed by atoms with Crippen LogP contribution in [-0.4, -0.2) is 49.2 Å². The van der Waals surface area contributed by atoms with Crippen LogP contribution in [0.25, 0.3) is 0 Å². The monoisotopic (exact) mass is 580 g/mol. The van der Waals surface area contributed by atoms with Gasteiger partial charge in [0.2, 0.25) is 17.7 Å². The van der Waals surface area contributed by atoms with Crippen molar-refractivity contribution in [2.24, 2.45) is 0 Å². The van der Waals surface area contributed by atoms with Gasteiger partial charge in [-0.3, -0.25) is 19.3 Å². The van der Waals surface area contributed by atoms with Gasteiger partial charge in [0.1, 0.15) is 17.6 Å². The smallest absolute Gasteiger partial charge is 0.248 e. The SMILES string of the molecule is CCOc1ccccc1N(C(=O)CCC(=O)Nc1cc(C)on1)C(C(=O)NC(C)(C)CC)c1cccc(OC)c1OC. The first-order valence-electron chi connectivity index (χ1n) is 13.8. The molecule has 42 heavy (non-hydrogen) atoms. The third kappa shape index (κ3) is 7.80. The summed E-state index contributed by atoms with van der Waals surface area (Å²) in [6.07, 6.45) is 0.268. The highest BCUT2D eigenvalue weighted by atomic mass is 16.5. The average molecular weight is 581 g/mol. The van der Waals surface area contributed by atoms with E-state index >= 15 is 0 Å². The second-order valence-electron chi connectivity index (χ2n) is 10.2. The molecule has 3 aromatic rings. The number of carbonyl (C=O) groups excluding carboxylic acids is 3. The molecule has 0 saturated heterocycles. The van der Waals surface area contributed by atoms with Gasteiger partial charge in [0.05, 0.1) is 26.5 Å².